The first-order chi connectivity index (χ1) is 9.58. The minimum Gasteiger partial charge on any atom is -0.324 e. The number of hydrogen-bond acceptors (Lipinski definition) is 2. The second-order valence-corrected chi connectivity index (χ2v) is 5.77. The molecule has 2 rings (SSSR count). The van der Waals surface area contributed by atoms with Gasteiger partial charge in [-0.3, -0.25) is 0 Å². The molecular weight excluding hydrogens is 250 g/mol. The fourth-order valence-corrected chi connectivity index (χ4v) is 2.62. The second kappa shape index (κ2) is 6.75. The number of urea groups is 1. The van der Waals surface area contributed by atoms with E-state index in [4.69, 9.17) is 0 Å². The van der Waals surface area contributed by atoms with Crippen molar-refractivity contribution in [3.63, 3.8) is 0 Å². The number of carbonyl (C=O) groups is 1. The standard InChI is InChI=1S/C16H25N3O/c1-13(2)18(3)15-9-11-19(12-10-15)16(20)17-14-7-5-4-6-8-14/h4-8,13,15H,9-12H2,1-3H3,(H,17,20). The zero-order valence-electron chi connectivity index (χ0n) is 12.7. The highest BCUT2D eigenvalue weighted by Crippen LogP contribution is 2.18. The molecule has 0 bridgehead atoms. The van der Waals surface area contributed by atoms with Gasteiger partial charge in [0.15, 0.2) is 0 Å². The third-order valence-corrected chi connectivity index (χ3v) is 4.17. The molecule has 0 radical (unpaired) electrons. The van der Waals surface area contributed by atoms with Crippen LogP contribution in [0.4, 0.5) is 10.5 Å². The Morgan fingerprint density at radius 1 is 1.25 bits per heavy atom. The minimum atomic E-state index is 0.0156. The lowest BCUT2D eigenvalue weighted by Gasteiger charge is -2.38. The number of rotatable bonds is 3. The zero-order chi connectivity index (χ0) is 14.5. The molecule has 110 valence electrons. The summed E-state index contributed by atoms with van der Waals surface area (Å²) in [7, 11) is 2.18. The summed E-state index contributed by atoms with van der Waals surface area (Å²) in [6.07, 6.45) is 2.10. The van der Waals surface area contributed by atoms with E-state index in [0.29, 0.717) is 12.1 Å². The number of nitrogens with one attached hydrogen (secondary N) is 1. The Bertz CT molecular complexity index is 425. The van der Waals surface area contributed by atoms with Crippen molar-refractivity contribution in [1.82, 2.24) is 9.80 Å². The number of amides is 2. The van der Waals surface area contributed by atoms with Crippen LogP contribution in [0.25, 0.3) is 0 Å². The van der Waals surface area contributed by atoms with Crippen molar-refractivity contribution < 1.29 is 4.79 Å². The van der Waals surface area contributed by atoms with Crippen molar-refractivity contribution >= 4 is 11.7 Å². The average Bonchev–Trinajstić information content (AvgIpc) is 2.47. The molecule has 1 aliphatic heterocycles. The topological polar surface area (TPSA) is 35.6 Å². The summed E-state index contributed by atoms with van der Waals surface area (Å²) >= 11 is 0. The molecule has 20 heavy (non-hydrogen) atoms. The third-order valence-electron chi connectivity index (χ3n) is 4.17. The number of anilines is 1. The van der Waals surface area contributed by atoms with Gasteiger partial charge in [0.25, 0.3) is 0 Å². The number of likely N-dealkylation sites (tertiary alicyclic amines) is 1. The van der Waals surface area contributed by atoms with Crippen LogP contribution in [-0.2, 0) is 0 Å². The summed E-state index contributed by atoms with van der Waals surface area (Å²) in [4.78, 5) is 16.5. The van der Waals surface area contributed by atoms with Gasteiger partial charge in [-0.15, -0.1) is 0 Å². The molecule has 0 atom stereocenters. The smallest absolute Gasteiger partial charge is 0.321 e. The number of benzene rings is 1. The van der Waals surface area contributed by atoms with Crippen LogP contribution in [0.2, 0.25) is 0 Å². The van der Waals surface area contributed by atoms with E-state index >= 15 is 0 Å². The number of para-hydroxylation sites is 1. The lowest BCUT2D eigenvalue weighted by atomic mass is 10.0. The molecule has 0 saturated carbocycles. The lowest BCUT2D eigenvalue weighted by Crippen LogP contribution is -2.48. The average molecular weight is 275 g/mol. The SMILES string of the molecule is CC(C)N(C)C1CCN(C(=O)Nc2ccccc2)CC1. The van der Waals surface area contributed by atoms with E-state index < -0.39 is 0 Å². The normalized spacial score (nSPS) is 16.8. The van der Waals surface area contributed by atoms with Gasteiger partial charge in [-0.1, -0.05) is 18.2 Å². The van der Waals surface area contributed by atoms with Crippen molar-refractivity contribution in [2.75, 3.05) is 25.5 Å². The summed E-state index contributed by atoms with van der Waals surface area (Å²) < 4.78 is 0. The highest BCUT2D eigenvalue weighted by Gasteiger charge is 2.26. The summed E-state index contributed by atoms with van der Waals surface area (Å²) in [5, 5.41) is 2.95. The molecule has 1 aromatic rings. The van der Waals surface area contributed by atoms with E-state index in [1.165, 1.54) is 0 Å². The van der Waals surface area contributed by atoms with E-state index in [2.05, 4.69) is 31.1 Å². The maximum absolute atomic E-state index is 12.2. The van der Waals surface area contributed by atoms with Crippen LogP contribution in [0, 0.1) is 0 Å². The highest BCUT2D eigenvalue weighted by atomic mass is 16.2. The molecule has 4 heteroatoms. The van der Waals surface area contributed by atoms with Gasteiger partial charge in [0, 0.05) is 30.9 Å². The van der Waals surface area contributed by atoms with E-state index in [0.717, 1.165) is 31.6 Å². The molecule has 1 heterocycles. The summed E-state index contributed by atoms with van der Waals surface area (Å²) in [6, 6.07) is 10.8. The van der Waals surface area contributed by atoms with Crippen molar-refractivity contribution in [2.45, 2.75) is 38.8 Å². The molecule has 0 spiro atoms. The Balaban J connectivity index is 1.83. The van der Waals surface area contributed by atoms with E-state index in [-0.39, 0.29) is 6.03 Å². The monoisotopic (exact) mass is 275 g/mol. The third kappa shape index (κ3) is 3.73. The van der Waals surface area contributed by atoms with Crippen LogP contribution in [0.3, 0.4) is 0 Å². The highest BCUT2D eigenvalue weighted by molar-refractivity contribution is 5.89. The van der Waals surface area contributed by atoms with Gasteiger partial charge in [-0.05, 0) is 45.9 Å². The first kappa shape index (κ1) is 14.9. The first-order valence-corrected chi connectivity index (χ1v) is 7.41. The van der Waals surface area contributed by atoms with Gasteiger partial charge in [0.05, 0.1) is 0 Å². The van der Waals surface area contributed by atoms with Gasteiger partial charge < -0.3 is 15.1 Å². The Labute approximate surface area is 121 Å². The Morgan fingerprint density at radius 2 is 1.85 bits per heavy atom. The van der Waals surface area contributed by atoms with Gasteiger partial charge >= 0.3 is 6.03 Å². The largest absolute Gasteiger partial charge is 0.324 e. The maximum Gasteiger partial charge on any atom is 0.321 e. The maximum atomic E-state index is 12.2. The molecule has 1 aliphatic rings. The fourth-order valence-electron chi connectivity index (χ4n) is 2.62. The van der Waals surface area contributed by atoms with E-state index in [1.807, 2.05) is 35.2 Å². The van der Waals surface area contributed by atoms with Crippen LogP contribution in [0.1, 0.15) is 26.7 Å². The summed E-state index contributed by atoms with van der Waals surface area (Å²) in [6.45, 7) is 6.10. The lowest BCUT2D eigenvalue weighted by molar-refractivity contribution is 0.120. The van der Waals surface area contributed by atoms with Crippen molar-refractivity contribution in [2.24, 2.45) is 0 Å². The second-order valence-electron chi connectivity index (χ2n) is 5.77. The molecule has 1 saturated heterocycles. The van der Waals surface area contributed by atoms with Gasteiger partial charge in [0.2, 0.25) is 0 Å². The minimum absolute atomic E-state index is 0.0156. The molecule has 1 aromatic carbocycles. The van der Waals surface area contributed by atoms with Crippen molar-refractivity contribution in [3.8, 4) is 0 Å². The van der Waals surface area contributed by atoms with Crippen molar-refractivity contribution in [1.29, 1.82) is 0 Å². The number of piperidine rings is 1. The van der Waals surface area contributed by atoms with Crippen LogP contribution < -0.4 is 5.32 Å². The van der Waals surface area contributed by atoms with Crippen LogP contribution in [-0.4, -0.2) is 48.1 Å². The molecule has 2 amide bonds. The van der Waals surface area contributed by atoms with E-state index in [1.54, 1.807) is 0 Å². The predicted molar refractivity (Wildman–Crippen MR) is 83.0 cm³/mol. The molecular formula is C16H25N3O. The molecule has 1 fully saturated rings. The Hall–Kier alpha value is -1.55. The van der Waals surface area contributed by atoms with E-state index in [9.17, 15) is 4.79 Å². The van der Waals surface area contributed by atoms with Crippen molar-refractivity contribution in [3.05, 3.63) is 30.3 Å². The Kier molecular flexibility index (Phi) is 5.01. The molecule has 0 unspecified atom stereocenters. The zero-order valence-corrected chi connectivity index (χ0v) is 12.7. The molecule has 0 aliphatic carbocycles. The Morgan fingerprint density at radius 3 is 2.40 bits per heavy atom. The van der Waals surface area contributed by atoms with Crippen LogP contribution in [0.15, 0.2) is 30.3 Å². The van der Waals surface area contributed by atoms with Crippen LogP contribution in [0.5, 0.6) is 0 Å². The molecule has 0 aromatic heterocycles. The molecule has 4 nitrogen and oxygen atoms in total. The number of carbonyl (C=O) groups excluding carboxylic acids is 1. The van der Waals surface area contributed by atoms with Gasteiger partial charge in [0.1, 0.15) is 0 Å². The number of hydrogen-bond donors (Lipinski definition) is 1. The predicted octanol–water partition coefficient (Wildman–Crippen LogP) is 3.02. The van der Waals surface area contributed by atoms with Crippen LogP contribution >= 0.6 is 0 Å². The van der Waals surface area contributed by atoms with Gasteiger partial charge in [-0.2, -0.15) is 0 Å². The quantitative estimate of drug-likeness (QED) is 0.920. The summed E-state index contributed by atoms with van der Waals surface area (Å²) in [5.41, 5.74) is 0.860. The van der Waals surface area contributed by atoms with Gasteiger partial charge in [-0.25, -0.2) is 4.79 Å². The fraction of sp³-hybridized carbons (Fsp3) is 0.562. The molecule has 1 N–H and O–H groups in total. The summed E-state index contributed by atoms with van der Waals surface area (Å²) in [5.74, 6) is 0. The number of nitrogens with zero attached hydrogens (tertiary/aromatic N) is 2. The first-order valence-electron chi connectivity index (χ1n) is 7.41.